The Morgan fingerprint density at radius 2 is 1.61 bits per heavy atom. The molecule has 2 heterocycles. The summed E-state index contributed by atoms with van der Waals surface area (Å²) in [5, 5.41) is 2.00. The Hall–Kier alpha value is -3.07. The summed E-state index contributed by atoms with van der Waals surface area (Å²) in [6.07, 6.45) is 0.125. The smallest absolute Gasteiger partial charge is 0.242 e. The molecule has 0 unspecified atom stereocenters. The Morgan fingerprint density at radius 3 is 2.31 bits per heavy atom. The maximum Gasteiger partial charge on any atom is 0.242 e. The summed E-state index contributed by atoms with van der Waals surface area (Å²) in [7, 11) is 0. The minimum atomic E-state index is -0.337. The normalized spacial score (nSPS) is 13.9. The van der Waals surface area contributed by atoms with E-state index in [-0.39, 0.29) is 30.6 Å². The van der Waals surface area contributed by atoms with Crippen LogP contribution in [0.2, 0.25) is 0 Å². The van der Waals surface area contributed by atoms with Gasteiger partial charge in [0.15, 0.2) is 0 Å². The fourth-order valence-corrected chi connectivity index (χ4v) is 4.88. The van der Waals surface area contributed by atoms with E-state index >= 15 is 0 Å². The first-order chi connectivity index (χ1) is 17.6. The molecule has 4 rings (SSSR count). The van der Waals surface area contributed by atoms with Crippen molar-refractivity contribution in [2.75, 3.05) is 45.9 Å². The maximum absolute atomic E-state index is 13.6. The molecule has 2 amide bonds. The highest BCUT2D eigenvalue weighted by Crippen LogP contribution is 2.16. The average Bonchev–Trinajstić information content (AvgIpc) is 3.42. The minimum absolute atomic E-state index is 0.00256. The highest BCUT2D eigenvalue weighted by molar-refractivity contribution is 7.09. The number of hydrogen-bond donors (Lipinski definition) is 0. The van der Waals surface area contributed by atoms with Crippen LogP contribution in [0.25, 0.3) is 0 Å². The number of rotatable bonds is 11. The van der Waals surface area contributed by atoms with Crippen molar-refractivity contribution in [3.8, 4) is 0 Å². The molecule has 1 aliphatic rings. The van der Waals surface area contributed by atoms with Crippen LogP contribution in [0.1, 0.15) is 16.0 Å². The van der Waals surface area contributed by atoms with Gasteiger partial charge in [0.1, 0.15) is 5.82 Å². The minimum Gasteiger partial charge on any atom is -0.379 e. The zero-order valence-electron chi connectivity index (χ0n) is 20.4. The lowest BCUT2D eigenvalue weighted by Gasteiger charge is -2.31. The quantitative estimate of drug-likeness (QED) is 0.394. The zero-order valence-corrected chi connectivity index (χ0v) is 21.2. The third-order valence-corrected chi connectivity index (χ3v) is 7.09. The van der Waals surface area contributed by atoms with Gasteiger partial charge in [-0.3, -0.25) is 14.5 Å². The van der Waals surface area contributed by atoms with Crippen LogP contribution < -0.4 is 0 Å². The first kappa shape index (κ1) is 26.0. The maximum atomic E-state index is 13.6. The molecule has 0 aliphatic carbocycles. The molecule has 0 spiro atoms. The standard InChI is InChI=1S/C28H32FN3O3S/c29-25-10-8-23(9-11-25)19-27(33)31(13-12-30-14-16-35-17-15-30)22-28(34)32(21-26-7-4-18-36-26)20-24-5-2-1-3-6-24/h1-11,18H,12-17,19-22H2. The number of carbonyl (C=O) groups excluding carboxylic acids is 2. The van der Waals surface area contributed by atoms with Gasteiger partial charge in [0.2, 0.25) is 11.8 Å². The molecule has 1 aliphatic heterocycles. The zero-order chi connectivity index (χ0) is 25.2. The van der Waals surface area contributed by atoms with Crippen molar-refractivity contribution >= 4 is 23.2 Å². The second kappa shape index (κ2) is 13.3. The number of hydrogen-bond acceptors (Lipinski definition) is 5. The van der Waals surface area contributed by atoms with Gasteiger partial charge in [0.05, 0.1) is 32.7 Å². The molecule has 0 atom stereocenters. The second-order valence-electron chi connectivity index (χ2n) is 8.89. The number of thiophene rings is 1. The van der Waals surface area contributed by atoms with E-state index < -0.39 is 0 Å². The Morgan fingerprint density at radius 1 is 0.861 bits per heavy atom. The average molecular weight is 510 g/mol. The Kier molecular flexibility index (Phi) is 9.61. The molecule has 8 heteroatoms. The summed E-state index contributed by atoms with van der Waals surface area (Å²) in [5.41, 5.74) is 1.77. The number of benzene rings is 2. The highest BCUT2D eigenvalue weighted by atomic mass is 32.1. The monoisotopic (exact) mass is 509 g/mol. The van der Waals surface area contributed by atoms with Gasteiger partial charge in [-0.15, -0.1) is 11.3 Å². The van der Waals surface area contributed by atoms with Crippen molar-refractivity contribution in [1.29, 1.82) is 0 Å². The second-order valence-corrected chi connectivity index (χ2v) is 9.92. The van der Waals surface area contributed by atoms with Crippen LogP contribution in [0, 0.1) is 5.82 Å². The lowest BCUT2D eigenvalue weighted by atomic mass is 10.1. The molecule has 2 aromatic carbocycles. The SMILES string of the molecule is O=C(Cc1ccc(F)cc1)N(CCN1CCOCC1)CC(=O)N(Cc1ccccc1)Cc1cccs1. The van der Waals surface area contributed by atoms with Gasteiger partial charge in [0, 0.05) is 37.6 Å². The van der Waals surface area contributed by atoms with E-state index in [1.54, 1.807) is 28.4 Å². The Balaban J connectivity index is 1.47. The topological polar surface area (TPSA) is 53.1 Å². The van der Waals surface area contributed by atoms with E-state index in [0.29, 0.717) is 39.4 Å². The van der Waals surface area contributed by atoms with Crippen molar-refractivity contribution < 1.29 is 18.7 Å². The first-order valence-corrected chi connectivity index (χ1v) is 13.1. The van der Waals surface area contributed by atoms with Gasteiger partial charge in [-0.25, -0.2) is 4.39 Å². The van der Waals surface area contributed by atoms with Crippen LogP contribution in [0.5, 0.6) is 0 Å². The highest BCUT2D eigenvalue weighted by Gasteiger charge is 2.23. The van der Waals surface area contributed by atoms with Crippen molar-refractivity contribution in [2.45, 2.75) is 19.5 Å². The van der Waals surface area contributed by atoms with Gasteiger partial charge in [-0.2, -0.15) is 0 Å². The van der Waals surface area contributed by atoms with Crippen LogP contribution in [0.4, 0.5) is 4.39 Å². The van der Waals surface area contributed by atoms with E-state index in [1.807, 2.05) is 52.7 Å². The Labute approximate surface area is 215 Å². The van der Waals surface area contributed by atoms with Gasteiger partial charge in [-0.05, 0) is 34.7 Å². The lowest BCUT2D eigenvalue weighted by Crippen LogP contribution is -2.47. The summed E-state index contributed by atoms with van der Waals surface area (Å²) in [5.74, 6) is -0.573. The van der Waals surface area contributed by atoms with Gasteiger partial charge >= 0.3 is 0 Å². The molecule has 0 saturated carbocycles. The third-order valence-electron chi connectivity index (χ3n) is 6.23. The van der Waals surface area contributed by atoms with Gasteiger partial charge in [0.25, 0.3) is 0 Å². The molecule has 190 valence electrons. The fourth-order valence-electron chi connectivity index (χ4n) is 4.16. The molecular formula is C28H32FN3O3S. The molecule has 36 heavy (non-hydrogen) atoms. The lowest BCUT2D eigenvalue weighted by molar-refractivity contribution is -0.141. The molecule has 0 radical (unpaired) electrons. The predicted octanol–water partition coefficient (Wildman–Crippen LogP) is 3.82. The molecular weight excluding hydrogens is 477 g/mol. The van der Waals surface area contributed by atoms with E-state index in [0.717, 1.165) is 29.1 Å². The van der Waals surface area contributed by atoms with Gasteiger partial charge < -0.3 is 14.5 Å². The number of nitrogens with zero attached hydrogens (tertiary/aromatic N) is 3. The first-order valence-electron chi connectivity index (χ1n) is 12.2. The number of morpholine rings is 1. The van der Waals surface area contributed by atoms with Crippen molar-refractivity contribution in [3.05, 3.63) is 93.9 Å². The largest absolute Gasteiger partial charge is 0.379 e. The third kappa shape index (κ3) is 7.98. The Bertz CT molecular complexity index is 1090. The van der Waals surface area contributed by atoms with Crippen molar-refractivity contribution in [3.63, 3.8) is 0 Å². The van der Waals surface area contributed by atoms with E-state index in [4.69, 9.17) is 4.74 Å². The van der Waals surface area contributed by atoms with Crippen molar-refractivity contribution in [1.82, 2.24) is 14.7 Å². The van der Waals surface area contributed by atoms with Crippen LogP contribution in [0.15, 0.2) is 72.1 Å². The van der Waals surface area contributed by atoms with Crippen LogP contribution >= 0.6 is 11.3 Å². The molecule has 0 N–H and O–H groups in total. The number of carbonyl (C=O) groups is 2. The molecule has 6 nitrogen and oxygen atoms in total. The van der Waals surface area contributed by atoms with Crippen molar-refractivity contribution in [2.24, 2.45) is 0 Å². The fraction of sp³-hybridized carbons (Fsp3) is 0.357. The van der Waals surface area contributed by atoms with E-state index in [2.05, 4.69) is 4.90 Å². The van der Waals surface area contributed by atoms with Gasteiger partial charge in [-0.1, -0.05) is 48.5 Å². The summed E-state index contributed by atoms with van der Waals surface area (Å²) >= 11 is 1.61. The predicted molar refractivity (Wildman–Crippen MR) is 139 cm³/mol. The molecule has 3 aromatic rings. The molecule has 1 fully saturated rings. The summed E-state index contributed by atoms with van der Waals surface area (Å²) in [4.78, 5) is 33.7. The number of amides is 2. The van der Waals surface area contributed by atoms with Crippen LogP contribution in [-0.4, -0.2) is 72.5 Å². The number of ether oxygens (including phenoxy) is 1. The molecule has 1 aromatic heterocycles. The van der Waals surface area contributed by atoms with Crippen LogP contribution in [-0.2, 0) is 33.8 Å². The summed E-state index contributed by atoms with van der Waals surface area (Å²) in [6, 6.07) is 19.8. The summed E-state index contributed by atoms with van der Waals surface area (Å²) in [6.45, 7) is 5.07. The van der Waals surface area contributed by atoms with E-state index in [1.165, 1.54) is 12.1 Å². The summed E-state index contributed by atoms with van der Waals surface area (Å²) < 4.78 is 18.8. The number of halogens is 1. The molecule has 1 saturated heterocycles. The van der Waals surface area contributed by atoms with Crippen LogP contribution in [0.3, 0.4) is 0 Å². The molecule has 0 bridgehead atoms. The van der Waals surface area contributed by atoms with E-state index in [9.17, 15) is 14.0 Å².